The summed E-state index contributed by atoms with van der Waals surface area (Å²) in [5.74, 6) is 0.00502. The van der Waals surface area contributed by atoms with Gasteiger partial charge in [-0.25, -0.2) is 0 Å². The lowest BCUT2D eigenvalue weighted by molar-refractivity contribution is 0.104. The molecule has 2 aromatic rings. The first kappa shape index (κ1) is 13.2. The average Bonchev–Trinajstić information content (AvgIpc) is 2.38. The lowest BCUT2D eigenvalue weighted by Gasteiger charge is -1.96. The van der Waals surface area contributed by atoms with E-state index in [1.807, 2.05) is 42.5 Å². The number of benzene rings is 2. The Morgan fingerprint density at radius 1 is 0.833 bits per heavy atom. The van der Waals surface area contributed by atoms with E-state index in [9.17, 15) is 4.79 Å². The third-order valence-electron chi connectivity index (χ3n) is 2.43. The minimum absolute atomic E-state index is 0.00502. The number of ketones is 1. The lowest BCUT2D eigenvalue weighted by Crippen LogP contribution is -1.92. The molecule has 3 heteroatoms. The van der Waals surface area contributed by atoms with Crippen molar-refractivity contribution >= 4 is 43.7 Å². The van der Waals surface area contributed by atoms with E-state index in [-0.39, 0.29) is 5.78 Å². The van der Waals surface area contributed by atoms with Crippen LogP contribution >= 0.6 is 31.9 Å². The molecule has 0 saturated heterocycles. The fraction of sp³-hybridized carbons (Fsp3) is 0. The maximum Gasteiger partial charge on any atom is 0.185 e. The van der Waals surface area contributed by atoms with Crippen LogP contribution in [0.15, 0.2) is 63.6 Å². The summed E-state index contributed by atoms with van der Waals surface area (Å²) >= 11 is 6.72. The molecule has 0 amide bonds. The second kappa shape index (κ2) is 6.12. The molecule has 18 heavy (non-hydrogen) atoms. The number of carbonyl (C=O) groups is 1. The van der Waals surface area contributed by atoms with Crippen molar-refractivity contribution in [3.8, 4) is 0 Å². The number of halogens is 2. The van der Waals surface area contributed by atoms with Crippen LogP contribution in [0.1, 0.15) is 15.9 Å². The first-order valence-electron chi connectivity index (χ1n) is 5.39. The van der Waals surface area contributed by atoms with Crippen LogP contribution in [0, 0.1) is 0 Å². The third kappa shape index (κ3) is 3.65. The molecular formula is C15H10Br2O. The summed E-state index contributed by atoms with van der Waals surface area (Å²) in [4.78, 5) is 11.9. The van der Waals surface area contributed by atoms with Crippen LogP contribution in [-0.2, 0) is 0 Å². The van der Waals surface area contributed by atoms with Crippen molar-refractivity contribution in [2.75, 3.05) is 0 Å². The van der Waals surface area contributed by atoms with E-state index in [0.29, 0.717) is 5.56 Å². The van der Waals surface area contributed by atoms with Crippen molar-refractivity contribution in [2.45, 2.75) is 0 Å². The van der Waals surface area contributed by atoms with Crippen molar-refractivity contribution in [2.24, 2.45) is 0 Å². The van der Waals surface area contributed by atoms with Crippen molar-refractivity contribution in [3.63, 3.8) is 0 Å². The smallest absolute Gasteiger partial charge is 0.185 e. The van der Waals surface area contributed by atoms with Gasteiger partial charge in [0.15, 0.2) is 5.78 Å². The van der Waals surface area contributed by atoms with Gasteiger partial charge in [-0.1, -0.05) is 50.1 Å². The fourth-order valence-electron chi connectivity index (χ4n) is 1.46. The van der Waals surface area contributed by atoms with Crippen LogP contribution in [-0.4, -0.2) is 5.78 Å². The maximum absolute atomic E-state index is 11.9. The number of hydrogen-bond acceptors (Lipinski definition) is 1. The van der Waals surface area contributed by atoms with Gasteiger partial charge in [0.1, 0.15) is 0 Å². The van der Waals surface area contributed by atoms with Crippen LogP contribution in [0.25, 0.3) is 6.08 Å². The Kier molecular flexibility index (Phi) is 4.50. The van der Waals surface area contributed by atoms with Crippen molar-refractivity contribution in [3.05, 3.63) is 74.7 Å². The molecule has 90 valence electrons. The molecule has 0 radical (unpaired) electrons. The minimum atomic E-state index is 0.00502. The molecule has 0 atom stereocenters. The molecule has 0 saturated carbocycles. The van der Waals surface area contributed by atoms with E-state index in [1.165, 1.54) is 0 Å². The first-order chi connectivity index (χ1) is 8.65. The minimum Gasteiger partial charge on any atom is -0.289 e. The molecule has 0 bridgehead atoms. The Morgan fingerprint density at radius 3 is 1.89 bits per heavy atom. The molecular weight excluding hydrogens is 356 g/mol. The van der Waals surface area contributed by atoms with Crippen molar-refractivity contribution < 1.29 is 4.79 Å². The molecule has 0 spiro atoms. The highest BCUT2D eigenvalue weighted by Gasteiger charge is 2.00. The summed E-state index contributed by atoms with van der Waals surface area (Å²) in [5, 5.41) is 0. The molecule has 0 fully saturated rings. The zero-order valence-electron chi connectivity index (χ0n) is 9.44. The predicted octanol–water partition coefficient (Wildman–Crippen LogP) is 5.11. The van der Waals surface area contributed by atoms with Crippen LogP contribution in [0.2, 0.25) is 0 Å². The molecule has 2 aromatic carbocycles. The quantitative estimate of drug-likeness (QED) is 0.545. The molecule has 2 rings (SSSR count). The molecule has 0 unspecified atom stereocenters. The Bertz CT molecular complexity index is 568. The zero-order valence-corrected chi connectivity index (χ0v) is 12.6. The van der Waals surface area contributed by atoms with Gasteiger partial charge in [0.2, 0.25) is 0 Å². The number of carbonyl (C=O) groups excluding carboxylic acids is 1. The molecule has 1 nitrogen and oxygen atoms in total. The molecule has 0 aromatic heterocycles. The average molecular weight is 366 g/mol. The summed E-state index contributed by atoms with van der Waals surface area (Å²) in [6, 6.07) is 15.1. The Hall–Kier alpha value is -1.19. The van der Waals surface area contributed by atoms with Crippen LogP contribution < -0.4 is 0 Å². The Morgan fingerprint density at radius 2 is 1.33 bits per heavy atom. The van der Waals surface area contributed by atoms with E-state index in [2.05, 4.69) is 31.9 Å². The van der Waals surface area contributed by atoms with Gasteiger partial charge in [0.25, 0.3) is 0 Å². The summed E-state index contributed by atoms with van der Waals surface area (Å²) in [6.45, 7) is 0. The predicted molar refractivity (Wildman–Crippen MR) is 81.6 cm³/mol. The Labute approximate surface area is 123 Å². The molecule has 0 N–H and O–H groups in total. The molecule has 0 aliphatic heterocycles. The number of allylic oxidation sites excluding steroid dienone is 1. The van der Waals surface area contributed by atoms with Crippen LogP contribution in [0.5, 0.6) is 0 Å². The second-order valence-electron chi connectivity index (χ2n) is 3.76. The van der Waals surface area contributed by atoms with Crippen LogP contribution in [0.3, 0.4) is 0 Å². The summed E-state index contributed by atoms with van der Waals surface area (Å²) < 4.78 is 2.00. The van der Waals surface area contributed by atoms with Crippen molar-refractivity contribution in [1.29, 1.82) is 0 Å². The number of rotatable bonds is 3. The summed E-state index contributed by atoms with van der Waals surface area (Å²) in [6.07, 6.45) is 3.41. The van der Waals surface area contributed by atoms with Gasteiger partial charge in [-0.15, -0.1) is 0 Å². The largest absolute Gasteiger partial charge is 0.289 e. The molecule has 0 aliphatic rings. The van der Waals surface area contributed by atoms with Gasteiger partial charge in [-0.05, 0) is 48.0 Å². The van der Waals surface area contributed by atoms with E-state index < -0.39 is 0 Å². The van der Waals surface area contributed by atoms with Gasteiger partial charge < -0.3 is 0 Å². The fourth-order valence-corrected chi connectivity index (χ4v) is 1.98. The maximum atomic E-state index is 11.9. The van der Waals surface area contributed by atoms with Gasteiger partial charge in [0.05, 0.1) is 0 Å². The van der Waals surface area contributed by atoms with E-state index in [0.717, 1.165) is 14.5 Å². The first-order valence-corrected chi connectivity index (χ1v) is 6.97. The Balaban J connectivity index is 2.11. The molecule has 0 heterocycles. The highest BCUT2D eigenvalue weighted by Crippen LogP contribution is 2.13. The highest BCUT2D eigenvalue weighted by molar-refractivity contribution is 9.10. The summed E-state index contributed by atoms with van der Waals surface area (Å²) in [7, 11) is 0. The van der Waals surface area contributed by atoms with Crippen LogP contribution in [0.4, 0.5) is 0 Å². The van der Waals surface area contributed by atoms with Gasteiger partial charge >= 0.3 is 0 Å². The van der Waals surface area contributed by atoms with E-state index in [1.54, 1.807) is 18.2 Å². The monoisotopic (exact) mass is 364 g/mol. The summed E-state index contributed by atoms with van der Waals surface area (Å²) in [5.41, 5.74) is 1.69. The standard InChI is InChI=1S/C15H10Br2O/c16-13-6-1-11(2-7-13)3-10-15(18)12-4-8-14(17)9-5-12/h1-10H/b10-3-. The zero-order chi connectivity index (χ0) is 13.0. The molecule has 0 aliphatic carbocycles. The number of hydrogen-bond donors (Lipinski definition) is 0. The SMILES string of the molecule is O=C(/C=C\c1ccc(Br)cc1)c1ccc(Br)cc1. The van der Waals surface area contributed by atoms with E-state index in [4.69, 9.17) is 0 Å². The topological polar surface area (TPSA) is 17.1 Å². The third-order valence-corrected chi connectivity index (χ3v) is 3.48. The van der Waals surface area contributed by atoms with Crippen molar-refractivity contribution in [1.82, 2.24) is 0 Å². The lowest BCUT2D eigenvalue weighted by atomic mass is 10.1. The van der Waals surface area contributed by atoms with Gasteiger partial charge in [-0.3, -0.25) is 4.79 Å². The van der Waals surface area contributed by atoms with Gasteiger partial charge in [-0.2, -0.15) is 0 Å². The highest BCUT2D eigenvalue weighted by atomic mass is 79.9. The van der Waals surface area contributed by atoms with Gasteiger partial charge in [0, 0.05) is 14.5 Å². The normalized spacial score (nSPS) is 10.8. The second-order valence-corrected chi connectivity index (χ2v) is 5.59. The van der Waals surface area contributed by atoms with E-state index >= 15 is 0 Å².